The number of benzene rings is 1. The first-order chi connectivity index (χ1) is 8.61. The zero-order valence-corrected chi connectivity index (χ0v) is 10.2. The van der Waals surface area contributed by atoms with Crippen molar-refractivity contribution in [3.8, 4) is 0 Å². The number of nitrogens with zero attached hydrogens (tertiary/aromatic N) is 1. The van der Waals surface area contributed by atoms with Crippen LogP contribution >= 0.6 is 0 Å². The lowest BCUT2D eigenvalue weighted by Crippen LogP contribution is -2.51. The molecule has 1 fully saturated rings. The maximum absolute atomic E-state index is 11.4. The Bertz CT molecular complexity index is 457. The van der Waals surface area contributed by atoms with Crippen molar-refractivity contribution < 1.29 is 14.7 Å². The van der Waals surface area contributed by atoms with Gasteiger partial charge in [0.15, 0.2) is 0 Å². The lowest BCUT2D eigenvalue weighted by molar-refractivity contribution is -0.130. The fourth-order valence-electron chi connectivity index (χ4n) is 2.08. The highest BCUT2D eigenvalue weighted by molar-refractivity contribution is 6.02. The molecule has 1 unspecified atom stereocenters. The van der Waals surface area contributed by atoms with E-state index in [1.807, 2.05) is 31.2 Å². The molecule has 2 amide bonds. The number of para-hydroxylation sites is 1. The van der Waals surface area contributed by atoms with Crippen LogP contribution in [0.25, 0.3) is 0 Å². The number of piperazine rings is 1. The second-order valence-corrected chi connectivity index (χ2v) is 4.31. The van der Waals surface area contributed by atoms with Gasteiger partial charge in [-0.15, -0.1) is 0 Å². The van der Waals surface area contributed by atoms with Crippen LogP contribution in [-0.4, -0.2) is 30.0 Å². The van der Waals surface area contributed by atoms with Gasteiger partial charge in [-0.2, -0.15) is 0 Å². The van der Waals surface area contributed by atoms with E-state index in [9.17, 15) is 14.7 Å². The SMILES string of the molecule is CCC(O)c1ccccc1N1CC(=O)NC(=O)C1. The molecule has 96 valence electrons. The quantitative estimate of drug-likeness (QED) is 0.768. The van der Waals surface area contributed by atoms with E-state index < -0.39 is 6.10 Å². The summed E-state index contributed by atoms with van der Waals surface area (Å²) in [5, 5.41) is 12.2. The van der Waals surface area contributed by atoms with E-state index in [0.29, 0.717) is 6.42 Å². The molecule has 0 radical (unpaired) electrons. The highest BCUT2D eigenvalue weighted by Crippen LogP contribution is 2.28. The minimum Gasteiger partial charge on any atom is -0.388 e. The van der Waals surface area contributed by atoms with Crippen molar-refractivity contribution >= 4 is 17.5 Å². The number of hydrogen-bond acceptors (Lipinski definition) is 4. The number of anilines is 1. The molecule has 1 saturated heterocycles. The molecule has 1 aliphatic heterocycles. The van der Waals surface area contributed by atoms with Gasteiger partial charge in [0.1, 0.15) is 0 Å². The van der Waals surface area contributed by atoms with Crippen molar-refractivity contribution in [3.05, 3.63) is 29.8 Å². The van der Waals surface area contributed by atoms with Crippen LogP contribution in [0.2, 0.25) is 0 Å². The molecule has 1 aromatic rings. The van der Waals surface area contributed by atoms with E-state index in [2.05, 4.69) is 5.32 Å². The van der Waals surface area contributed by atoms with Gasteiger partial charge < -0.3 is 10.0 Å². The predicted octanol–water partition coefficient (Wildman–Crippen LogP) is 0.593. The summed E-state index contributed by atoms with van der Waals surface area (Å²) in [5.41, 5.74) is 1.50. The van der Waals surface area contributed by atoms with Crippen LogP contribution in [-0.2, 0) is 9.59 Å². The van der Waals surface area contributed by atoms with Crippen molar-refractivity contribution in [1.82, 2.24) is 5.32 Å². The summed E-state index contributed by atoms with van der Waals surface area (Å²) >= 11 is 0. The van der Waals surface area contributed by atoms with Gasteiger partial charge in [0.2, 0.25) is 11.8 Å². The van der Waals surface area contributed by atoms with Gasteiger partial charge in [-0.05, 0) is 12.5 Å². The second kappa shape index (κ2) is 5.18. The van der Waals surface area contributed by atoms with Gasteiger partial charge in [-0.3, -0.25) is 14.9 Å². The number of carbonyl (C=O) groups is 2. The van der Waals surface area contributed by atoms with Crippen LogP contribution in [0, 0.1) is 0 Å². The molecule has 1 heterocycles. The van der Waals surface area contributed by atoms with E-state index in [1.54, 1.807) is 4.90 Å². The van der Waals surface area contributed by atoms with Gasteiger partial charge >= 0.3 is 0 Å². The van der Waals surface area contributed by atoms with Crippen LogP contribution in [0.15, 0.2) is 24.3 Å². The second-order valence-electron chi connectivity index (χ2n) is 4.31. The Labute approximate surface area is 105 Å². The Hall–Kier alpha value is -1.88. The van der Waals surface area contributed by atoms with Crippen LogP contribution in [0.4, 0.5) is 5.69 Å². The Morgan fingerprint density at radius 2 is 1.89 bits per heavy atom. The molecule has 5 heteroatoms. The van der Waals surface area contributed by atoms with E-state index in [1.165, 1.54) is 0 Å². The van der Waals surface area contributed by atoms with Crippen molar-refractivity contribution in [2.45, 2.75) is 19.4 Å². The largest absolute Gasteiger partial charge is 0.388 e. The number of aliphatic hydroxyl groups excluding tert-OH is 1. The fraction of sp³-hybridized carbons (Fsp3) is 0.385. The normalized spacial score (nSPS) is 17.6. The summed E-state index contributed by atoms with van der Waals surface area (Å²) in [7, 11) is 0. The zero-order chi connectivity index (χ0) is 13.1. The first kappa shape index (κ1) is 12.6. The van der Waals surface area contributed by atoms with Gasteiger partial charge in [0.25, 0.3) is 0 Å². The van der Waals surface area contributed by atoms with E-state index in [4.69, 9.17) is 0 Å². The standard InChI is InChI=1S/C13H16N2O3/c1-2-11(16)9-5-3-4-6-10(9)15-7-12(17)14-13(18)8-15/h3-6,11,16H,2,7-8H2,1H3,(H,14,17,18). The molecule has 0 aromatic heterocycles. The van der Waals surface area contributed by atoms with Gasteiger partial charge in [-0.1, -0.05) is 25.1 Å². The highest BCUT2D eigenvalue weighted by atomic mass is 16.3. The maximum atomic E-state index is 11.4. The number of aliphatic hydroxyl groups is 1. The van der Waals surface area contributed by atoms with Crippen molar-refractivity contribution in [2.75, 3.05) is 18.0 Å². The Kier molecular flexibility index (Phi) is 3.62. The van der Waals surface area contributed by atoms with Crippen LogP contribution in [0.5, 0.6) is 0 Å². The smallest absolute Gasteiger partial charge is 0.246 e. The Morgan fingerprint density at radius 3 is 2.50 bits per heavy atom. The number of hydrogen-bond donors (Lipinski definition) is 2. The monoisotopic (exact) mass is 248 g/mol. The zero-order valence-electron chi connectivity index (χ0n) is 10.2. The average molecular weight is 248 g/mol. The van der Waals surface area contributed by atoms with Crippen molar-refractivity contribution in [2.24, 2.45) is 0 Å². The minimum atomic E-state index is -0.582. The number of amides is 2. The lowest BCUT2D eigenvalue weighted by atomic mass is 10.0. The average Bonchev–Trinajstić information content (AvgIpc) is 2.36. The molecule has 2 rings (SSSR count). The summed E-state index contributed by atoms with van der Waals surface area (Å²) in [4.78, 5) is 24.4. The van der Waals surface area contributed by atoms with Gasteiger partial charge in [0.05, 0.1) is 19.2 Å². The molecule has 0 saturated carbocycles. The molecule has 1 aliphatic rings. The van der Waals surface area contributed by atoms with Crippen molar-refractivity contribution in [3.63, 3.8) is 0 Å². The topological polar surface area (TPSA) is 69.6 Å². The first-order valence-electron chi connectivity index (χ1n) is 5.96. The molecule has 0 aliphatic carbocycles. The molecule has 2 N–H and O–H groups in total. The van der Waals surface area contributed by atoms with Gasteiger partial charge in [0, 0.05) is 11.3 Å². The molecular weight excluding hydrogens is 232 g/mol. The van der Waals surface area contributed by atoms with E-state index >= 15 is 0 Å². The summed E-state index contributed by atoms with van der Waals surface area (Å²) in [6, 6.07) is 7.31. The van der Waals surface area contributed by atoms with Crippen LogP contribution < -0.4 is 10.2 Å². The number of imide groups is 1. The summed E-state index contributed by atoms with van der Waals surface area (Å²) in [5.74, 6) is -0.626. The molecule has 0 bridgehead atoms. The summed E-state index contributed by atoms with van der Waals surface area (Å²) in [6.07, 6.45) is 0.00615. The minimum absolute atomic E-state index is 0.138. The predicted molar refractivity (Wildman–Crippen MR) is 67.1 cm³/mol. The molecular formula is C13H16N2O3. The summed E-state index contributed by atoms with van der Waals surface area (Å²) in [6.45, 7) is 2.16. The third-order valence-corrected chi connectivity index (χ3v) is 2.97. The van der Waals surface area contributed by atoms with E-state index in [-0.39, 0.29) is 24.9 Å². The molecule has 1 atom stereocenters. The van der Waals surface area contributed by atoms with E-state index in [0.717, 1.165) is 11.3 Å². The lowest BCUT2D eigenvalue weighted by Gasteiger charge is -2.30. The number of carbonyl (C=O) groups excluding carboxylic acids is 2. The molecule has 1 aromatic carbocycles. The fourth-order valence-corrected chi connectivity index (χ4v) is 2.08. The third-order valence-electron chi connectivity index (χ3n) is 2.97. The van der Waals surface area contributed by atoms with Gasteiger partial charge in [-0.25, -0.2) is 0 Å². The number of nitrogens with one attached hydrogen (secondary N) is 1. The molecule has 5 nitrogen and oxygen atoms in total. The van der Waals surface area contributed by atoms with Crippen molar-refractivity contribution in [1.29, 1.82) is 0 Å². The summed E-state index contributed by atoms with van der Waals surface area (Å²) < 4.78 is 0. The highest BCUT2D eigenvalue weighted by Gasteiger charge is 2.25. The van der Waals surface area contributed by atoms with Crippen LogP contribution in [0.1, 0.15) is 25.0 Å². The third kappa shape index (κ3) is 2.51. The Morgan fingerprint density at radius 1 is 1.28 bits per heavy atom. The maximum Gasteiger partial charge on any atom is 0.246 e. The number of rotatable bonds is 3. The first-order valence-corrected chi connectivity index (χ1v) is 5.96. The molecule has 0 spiro atoms. The molecule has 18 heavy (non-hydrogen) atoms. The van der Waals surface area contributed by atoms with Crippen LogP contribution in [0.3, 0.4) is 0 Å². The Balaban J connectivity index is 2.32.